The van der Waals surface area contributed by atoms with E-state index in [1.54, 1.807) is 4.90 Å². The highest BCUT2D eigenvalue weighted by molar-refractivity contribution is 5.97. The van der Waals surface area contributed by atoms with Gasteiger partial charge in [-0.3, -0.25) is 0 Å². The van der Waals surface area contributed by atoms with Crippen molar-refractivity contribution in [2.24, 2.45) is 0 Å². The Hall–Kier alpha value is -4.31. The van der Waals surface area contributed by atoms with Crippen molar-refractivity contribution in [1.82, 2.24) is 0 Å². The van der Waals surface area contributed by atoms with Crippen molar-refractivity contribution < 1.29 is 14.3 Å². The zero-order chi connectivity index (χ0) is 25.6. The highest BCUT2D eigenvalue weighted by atomic mass is 16.6. The normalized spacial score (nSPS) is 18.7. The smallest absolute Gasteiger partial charge is 0.417 e. The van der Waals surface area contributed by atoms with Gasteiger partial charge in [0.25, 0.3) is 0 Å². The van der Waals surface area contributed by atoms with Gasteiger partial charge in [-0.25, -0.2) is 9.69 Å². The summed E-state index contributed by atoms with van der Waals surface area (Å²) in [6.07, 6.45) is 3.33. The molecule has 4 aromatic carbocycles. The van der Waals surface area contributed by atoms with Crippen LogP contribution in [-0.4, -0.2) is 17.9 Å². The molecule has 2 atom stereocenters. The standard InChI is InChI=1S/C33H29NO3/c1-33(2,3)37-32(35)34-28-19-10-9-17-26(28)29-27(21-20-22-12-5-4-6-13-22)30(36-31(29)34)25-18-11-15-23-14-7-8-16-24(23)25/h4-21,29,31H,1-3H3/b21-20+/t29-,31+/m0/s1. The van der Waals surface area contributed by atoms with Crippen molar-refractivity contribution in [3.8, 4) is 0 Å². The number of benzene rings is 4. The topological polar surface area (TPSA) is 38.8 Å². The molecule has 0 saturated heterocycles. The minimum Gasteiger partial charge on any atom is -0.468 e. The lowest BCUT2D eigenvalue weighted by Gasteiger charge is -2.29. The third-order valence-corrected chi connectivity index (χ3v) is 6.79. The summed E-state index contributed by atoms with van der Waals surface area (Å²) < 4.78 is 12.6. The maximum Gasteiger partial charge on any atom is 0.417 e. The molecule has 4 heteroatoms. The predicted octanol–water partition coefficient (Wildman–Crippen LogP) is 8.16. The van der Waals surface area contributed by atoms with Gasteiger partial charge in [-0.15, -0.1) is 0 Å². The zero-order valence-corrected chi connectivity index (χ0v) is 21.2. The summed E-state index contributed by atoms with van der Waals surface area (Å²) in [5, 5.41) is 2.26. The van der Waals surface area contributed by atoms with E-state index in [4.69, 9.17) is 9.47 Å². The SMILES string of the molecule is CC(C)(C)OC(=O)N1c2ccccc2[C@H]2C(/C=C/c3ccccc3)=C(c3cccc4ccccc34)O[C@H]21. The lowest BCUT2D eigenvalue weighted by atomic mass is 9.90. The van der Waals surface area contributed by atoms with Gasteiger partial charge in [0.1, 0.15) is 11.4 Å². The average molecular weight is 488 g/mol. The van der Waals surface area contributed by atoms with Crippen LogP contribution in [0.1, 0.15) is 43.4 Å². The van der Waals surface area contributed by atoms with Gasteiger partial charge in [0.15, 0.2) is 6.23 Å². The molecule has 6 rings (SSSR count). The molecule has 4 aromatic rings. The van der Waals surface area contributed by atoms with E-state index in [9.17, 15) is 4.79 Å². The first kappa shape index (κ1) is 23.1. The lowest BCUT2D eigenvalue weighted by molar-refractivity contribution is 0.0492. The maximum absolute atomic E-state index is 13.5. The van der Waals surface area contributed by atoms with Gasteiger partial charge in [-0.2, -0.15) is 0 Å². The summed E-state index contributed by atoms with van der Waals surface area (Å²) in [6, 6.07) is 32.8. The molecule has 0 spiro atoms. The summed E-state index contributed by atoms with van der Waals surface area (Å²) in [4.78, 5) is 15.2. The van der Waals surface area contributed by atoms with Crippen LogP contribution in [0.4, 0.5) is 10.5 Å². The zero-order valence-electron chi connectivity index (χ0n) is 21.2. The molecule has 0 N–H and O–H groups in total. The number of rotatable bonds is 3. The molecule has 2 aliphatic rings. The second kappa shape index (κ2) is 8.97. The number of hydrogen-bond acceptors (Lipinski definition) is 3. The average Bonchev–Trinajstić information content (AvgIpc) is 3.41. The summed E-state index contributed by atoms with van der Waals surface area (Å²) in [7, 11) is 0. The van der Waals surface area contributed by atoms with Gasteiger partial charge >= 0.3 is 6.09 Å². The summed E-state index contributed by atoms with van der Waals surface area (Å²) in [6.45, 7) is 5.65. The van der Waals surface area contributed by atoms with Crippen LogP contribution in [0.2, 0.25) is 0 Å². The number of allylic oxidation sites excluding steroid dienone is 1. The second-order valence-corrected chi connectivity index (χ2v) is 10.5. The quantitative estimate of drug-likeness (QED) is 0.293. The Labute approximate surface area is 217 Å². The van der Waals surface area contributed by atoms with E-state index >= 15 is 0 Å². The second-order valence-electron chi connectivity index (χ2n) is 10.5. The van der Waals surface area contributed by atoms with Crippen LogP contribution in [0.5, 0.6) is 0 Å². The highest BCUT2D eigenvalue weighted by Crippen LogP contribution is 2.54. The predicted molar refractivity (Wildman–Crippen MR) is 149 cm³/mol. The molecular weight excluding hydrogens is 458 g/mol. The van der Waals surface area contributed by atoms with E-state index in [2.05, 4.69) is 60.7 Å². The summed E-state index contributed by atoms with van der Waals surface area (Å²) in [5.74, 6) is 0.652. The Kier molecular flexibility index (Phi) is 5.60. The van der Waals surface area contributed by atoms with Crippen molar-refractivity contribution >= 4 is 34.4 Å². The molecule has 0 fully saturated rings. The first-order valence-corrected chi connectivity index (χ1v) is 12.6. The van der Waals surface area contributed by atoms with Crippen LogP contribution in [0.25, 0.3) is 22.6 Å². The molecule has 0 aliphatic carbocycles. The number of carbonyl (C=O) groups excluding carboxylic acids is 1. The monoisotopic (exact) mass is 487 g/mol. The van der Waals surface area contributed by atoms with Gasteiger partial charge in [0.05, 0.1) is 11.6 Å². The number of fused-ring (bicyclic) bond motifs is 4. The molecule has 1 amide bonds. The van der Waals surface area contributed by atoms with E-state index in [1.807, 2.05) is 69.3 Å². The molecule has 0 aromatic heterocycles. The van der Waals surface area contributed by atoms with E-state index in [1.165, 1.54) is 0 Å². The molecule has 2 aliphatic heterocycles. The summed E-state index contributed by atoms with van der Waals surface area (Å²) >= 11 is 0. The number of hydrogen-bond donors (Lipinski definition) is 0. The Morgan fingerprint density at radius 1 is 0.838 bits per heavy atom. The van der Waals surface area contributed by atoms with Crippen LogP contribution in [-0.2, 0) is 9.47 Å². The highest BCUT2D eigenvalue weighted by Gasteiger charge is 2.51. The van der Waals surface area contributed by atoms with Gasteiger partial charge in [-0.1, -0.05) is 103 Å². The van der Waals surface area contributed by atoms with Crippen molar-refractivity contribution in [2.75, 3.05) is 4.90 Å². The van der Waals surface area contributed by atoms with Gasteiger partial charge in [0.2, 0.25) is 0 Å². The van der Waals surface area contributed by atoms with Crippen LogP contribution in [0.15, 0.2) is 109 Å². The third-order valence-electron chi connectivity index (χ3n) is 6.79. The number of nitrogens with zero attached hydrogens (tertiary/aromatic N) is 1. The molecule has 0 saturated carbocycles. The Morgan fingerprint density at radius 2 is 1.54 bits per heavy atom. The molecule has 0 unspecified atom stereocenters. The Balaban J connectivity index is 1.53. The van der Waals surface area contributed by atoms with Crippen molar-refractivity contribution in [3.63, 3.8) is 0 Å². The Morgan fingerprint density at radius 3 is 2.35 bits per heavy atom. The van der Waals surface area contributed by atoms with E-state index in [0.29, 0.717) is 0 Å². The fraction of sp³-hybridized carbons (Fsp3) is 0.182. The third kappa shape index (κ3) is 4.19. The van der Waals surface area contributed by atoms with Crippen LogP contribution >= 0.6 is 0 Å². The molecule has 184 valence electrons. The van der Waals surface area contributed by atoms with E-state index in [0.717, 1.165) is 44.5 Å². The first-order chi connectivity index (χ1) is 17.9. The van der Waals surface area contributed by atoms with Crippen molar-refractivity contribution in [1.29, 1.82) is 0 Å². The fourth-order valence-electron chi connectivity index (χ4n) is 5.27. The van der Waals surface area contributed by atoms with E-state index in [-0.39, 0.29) is 5.92 Å². The van der Waals surface area contributed by atoms with Gasteiger partial charge < -0.3 is 9.47 Å². The molecular formula is C33H29NO3. The molecule has 0 bridgehead atoms. The maximum atomic E-state index is 13.5. The van der Waals surface area contributed by atoms with Gasteiger partial charge in [0, 0.05) is 11.1 Å². The molecule has 37 heavy (non-hydrogen) atoms. The first-order valence-electron chi connectivity index (χ1n) is 12.6. The summed E-state index contributed by atoms with van der Waals surface area (Å²) in [5.41, 5.74) is 4.43. The number of ether oxygens (including phenoxy) is 2. The van der Waals surface area contributed by atoms with E-state index < -0.39 is 17.9 Å². The van der Waals surface area contributed by atoms with Crippen molar-refractivity contribution in [2.45, 2.75) is 38.5 Å². The van der Waals surface area contributed by atoms with Crippen LogP contribution in [0.3, 0.4) is 0 Å². The molecule has 4 nitrogen and oxygen atoms in total. The number of amides is 1. The number of anilines is 1. The fourth-order valence-corrected chi connectivity index (χ4v) is 5.27. The van der Waals surface area contributed by atoms with Crippen molar-refractivity contribution in [3.05, 3.63) is 125 Å². The van der Waals surface area contributed by atoms with Gasteiger partial charge in [-0.05, 0) is 48.7 Å². The largest absolute Gasteiger partial charge is 0.468 e. The molecule has 2 heterocycles. The Bertz CT molecular complexity index is 1540. The minimum absolute atomic E-state index is 0.141. The minimum atomic E-state index is -0.620. The van der Waals surface area contributed by atoms with Crippen LogP contribution < -0.4 is 4.90 Å². The number of carbonyl (C=O) groups is 1. The number of para-hydroxylation sites is 1. The molecule has 0 radical (unpaired) electrons. The van der Waals surface area contributed by atoms with Crippen LogP contribution in [0, 0.1) is 0 Å². The lowest BCUT2D eigenvalue weighted by Crippen LogP contribution is -2.42.